The highest BCUT2D eigenvalue weighted by Crippen LogP contribution is 2.30. The Balaban J connectivity index is 2.24. The van der Waals surface area contributed by atoms with Crippen LogP contribution in [0.15, 0.2) is 18.2 Å². The van der Waals surface area contributed by atoms with Gasteiger partial charge in [0, 0.05) is 22.5 Å². The largest absolute Gasteiger partial charge is 0.346 e. The summed E-state index contributed by atoms with van der Waals surface area (Å²) in [6.07, 6.45) is 5.27. The molecule has 1 saturated carbocycles. The quantitative estimate of drug-likeness (QED) is 0.508. The Morgan fingerprint density at radius 3 is 2.62 bits per heavy atom. The zero-order valence-electron chi connectivity index (χ0n) is 12.0. The van der Waals surface area contributed by atoms with E-state index in [4.69, 9.17) is 0 Å². The molecule has 1 amide bonds. The van der Waals surface area contributed by atoms with E-state index in [1.54, 1.807) is 19.1 Å². The number of nitro benzene ring substituents is 1. The molecule has 0 saturated heterocycles. The van der Waals surface area contributed by atoms with Crippen molar-refractivity contribution < 1.29 is 9.72 Å². The smallest absolute Gasteiger partial charge is 0.273 e. The number of hydrogen-bond donors (Lipinski definition) is 1. The van der Waals surface area contributed by atoms with Gasteiger partial charge in [-0.25, -0.2) is 0 Å². The fraction of sp³-hybridized carbons (Fsp3) is 0.533. The number of amides is 1. The fourth-order valence-electron chi connectivity index (χ4n) is 2.90. The molecule has 1 fully saturated rings. The topological polar surface area (TPSA) is 72.2 Å². The predicted molar refractivity (Wildman–Crippen MR) is 84.9 cm³/mol. The molecule has 0 atom stereocenters. The molecule has 5 nitrogen and oxygen atoms in total. The van der Waals surface area contributed by atoms with Gasteiger partial charge in [-0.2, -0.15) is 0 Å². The summed E-state index contributed by atoms with van der Waals surface area (Å²) in [7, 11) is 0. The summed E-state index contributed by atoms with van der Waals surface area (Å²) >= 11 is 3.50. The van der Waals surface area contributed by atoms with Crippen molar-refractivity contribution in [2.75, 3.05) is 5.33 Å². The number of hydrogen-bond acceptors (Lipinski definition) is 3. The maximum Gasteiger partial charge on any atom is 0.273 e. The fourth-order valence-corrected chi connectivity index (χ4v) is 3.60. The second-order valence-electron chi connectivity index (χ2n) is 5.64. The van der Waals surface area contributed by atoms with Crippen molar-refractivity contribution in [1.82, 2.24) is 5.32 Å². The van der Waals surface area contributed by atoms with E-state index in [1.165, 1.54) is 12.5 Å². The molecule has 0 radical (unpaired) electrons. The predicted octanol–water partition coefficient (Wildman–Crippen LogP) is 3.73. The van der Waals surface area contributed by atoms with Crippen LogP contribution in [0.5, 0.6) is 0 Å². The molecule has 0 aliphatic heterocycles. The molecule has 0 heterocycles. The standard InChI is InChI=1S/C15H19BrN2O3/c1-11-12(6-5-7-13(11)18(20)21)14(19)17-15(10-16)8-3-2-4-9-15/h5-7H,2-4,8-10H2,1H3,(H,17,19). The van der Waals surface area contributed by atoms with Gasteiger partial charge in [-0.05, 0) is 25.8 Å². The van der Waals surface area contributed by atoms with Crippen molar-refractivity contribution in [2.24, 2.45) is 0 Å². The first-order valence-electron chi connectivity index (χ1n) is 7.11. The number of nitrogens with zero attached hydrogens (tertiary/aromatic N) is 1. The van der Waals surface area contributed by atoms with Crippen LogP contribution >= 0.6 is 15.9 Å². The van der Waals surface area contributed by atoms with Crippen LogP contribution in [0.4, 0.5) is 5.69 Å². The number of nitrogens with one attached hydrogen (secondary N) is 1. The first-order chi connectivity index (χ1) is 9.99. The lowest BCUT2D eigenvalue weighted by atomic mass is 9.83. The number of carbonyl (C=O) groups excluding carboxylic acids is 1. The first kappa shape index (κ1) is 15.9. The Morgan fingerprint density at radius 1 is 1.38 bits per heavy atom. The van der Waals surface area contributed by atoms with Crippen molar-refractivity contribution in [3.05, 3.63) is 39.4 Å². The first-order valence-corrected chi connectivity index (χ1v) is 8.24. The Labute approximate surface area is 132 Å². The van der Waals surface area contributed by atoms with Crippen LogP contribution in [0.3, 0.4) is 0 Å². The number of carbonyl (C=O) groups is 1. The van der Waals surface area contributed by atoms with Crippen molar-refractivity contribution in [1.29, 1.82) is 0 Å². The summed E-state index contributed by atoms with van der Waals surface area (Å²) in [5.41, 5.74) is 0.557. The molecule has 0 spiro atoms. The van der Waals surface area contributed by atoms with Gasteiger partial charge < -0.3 is 5.32 Å². The average molecular weight is 355 g/mol. The second-order valence-corrected chi connectivity index (χ2v) is 6.20. The minimum Gasteiger partial charge on any atom is -0.346 e. The monoisotopic (exact) mass is 354 g/mol. The van der Waals surface area contributed by atoms with Gasteiger partial charge in [0.15, 0.2) is 0 Å². The van der Waals surface area contributed by atoms with Crippen LogP contribution in [-0.4, -0.2) is 21.7 Å². The molecule has 1 aromatic carbocycles. The summed E-state index contributed by atoms with van der Waals surface area (Å²) < 4.78 is 0. The van der Waals surface area contributed by atoms with Gasteiger partial charge in [-0.3, -0.25) is 14.9 Å². The molecule has 6 heteroatoms. The van der Waals surface area contributed by atoms with E-state index in [2.05, 4.69) is 21.2 Å². The maximum absolute atomic E-state index is 12.5. The third kappa shape index (κ3) is 3.43. The zero-order valence-corrected chi connectivity index (χ0v) is 13.6. The van der Waals surface area contributed by atoms with Crippen molar-refractivity contribution >= 4 is 27.5 Å². The van der Waals surface area contributed by atoms with E-state index in [1.807, 2.05) is 0 Å². The summed E-state index contributed by atoms with van der Waals surface area (Å²) in [6.45, 7) is 1.62. The third-order valence-corrected chi connectivity index (χ3v) is 5.27. The molecule has 1 aliphatic carbocycles. The number of benzene rings is 1. The molecule has 114 valence electrons. The van der Waals surface area contributed by atoms with Gasteiger partial charge in [0.25, 0.3) is 11.6 Å². The molecule has 1 N–H and O–H groups in total. The van der Waals surface area contributed by atoms with Crippen molar-refractivity contribution in [2.45, 2.75) is 44.6 Å². The third-order valence-electron chi connectivity index (χ3n) is 4.19. The molecule has 0 aromatic heterocycles. The van der Waals surface area contributed by atoms with E-state index >= 15 is 0 Å². The molecular formula is C15H19BrN2O3. The molecule has 0 unspecified atom stereocenters. The molecule has 1 aliphatic rings. The van der Waals surface area contributed by atoms with E-state index in [-0.39, 0.29) is 17.1 Å². The van der Waals surface area contributed by atoms with Gasteiger partial charge in [0.05, 0.1) is 10.5 Å². The maximum atomic E-state index is 12.5. The lowest BCUT2D eigenvalue weighted by molar-refractivity contribution is -0.385. The van der Waals surface area contributed by atoms with Gasteiger partial charge in [0.1, 0.15) is 0 Å². The molecule has 2 rings (SSSR count). The van der Waals surface area contributed by atoms with Crippen LogP contribution in [0.1, 0.15) is 48.0 Å². The number of alkyl halides is 1. The minimum absolute atomic E-state index is 0.0146. The normalized spacial score (nSPS) is 17.2. The highest BCUT2D eigenvalue weighted by Gasteiger charge is 2.33. The molecular weight excluding hydrogens is 336 g/mol. The Morgan fingerprint density at radius 2 is 2.05 bits per heavy atom. The summed E-state index contributed by atoms with van der Waals surface area (Å²) in [5, 5.41) is 14.8. The molecule has 1 aromatic rings. The van der Waals surface area contributed by atoms with Crippen LogP contribution in [0, 0.1) is 17.0 Å². The van der Waals surface area contributed by atoms with Crippen LogP contribution in [0.25, 0.3) is 0 Å². The number of halogens is 1. The lowest BCUT2D eigenvalue weighted by Crippen LogP contribution is -2.51. The van der Waals surface area contributed by atoms with Gasteiger partial charge in [-0.15, -0.1) is 0 Å². The van der Waals surface area contributed by atoms with E-state index in [9.17, 15) is 14.9 Å². The number of nitro groups is 1. The van der Waals surface area contributed by atoms with Gasteiger partial charge in [-0.1, -0.05) is 41.3 Å². The minimum atomic E-state index is -0.451. The summed E-state index contributed by atoms with van der Waals surface area (Å²) in [5.74, 6) is -0.224. The van der Waals surface area contributed by atoms with Crippen LogP contribution in [0.2, 0.25) is 0 Å². The summed E-state index contributed by atoms with van der Waals surface area (Å²) in [6, 6.07) is 4.62. The van der Waals surface area contributed by atoms with Crippen molar-refractivity contribution in [3.8, 4) is 0 Å². The van der Waals surface area contributed by atoms with Crippen molar-refractivity contribution in [3.63, 3.8) is 0 Å². The highest BCUT2D eigenvalue weighted by molar-refractivity contribution is 9.09. The Bertz CT molecular complexity index is 554. The number of rotatable bonds is 4. The highest BCUT2D eigenvalue weighted by atomic mass is 79.9. The van der Waals surface area contributed by atoms with Crippen LogP contribution in [-0.2, 0) is 0 Å². The van der Waals surface area contributed by atoms with Crippen LogP contribution < -0.4 is 5.32 Å². The lowest BCUT2D eigenvalue weighted by Gasteiger charge is -2.36. The van der Waals surface area contributed by atoms with E-state index in [0.29, 0.717) is 16.5 Å². The van der Waals surface area contributed by atoms with E-state index in [0.717, 1.165) is 25.7 Å². The molecule has 21 heavy (non-hydrogen) atoms. The second kappa shape index (κ2) is 6.56. The SMILES string of the molecule is Cc1c(C(=O)NC2(CBr)CCCCC2)cccc1[N+](=O)[O-]. The average Bonchev–Trinajstić information content (AvgIpc) is 2.48. The van der Waals surface area contributed by atoms with E-state index < -0.39 is 4.92 Å². The van der Waals surface area contributed by atoms with Gasteiger partial charge in [0.2, 0.25) is 0 Å². The zero-order chi connectivity index (χ0) is 15.5. The Hall–Kier alpha value is -1.43. The molecule has 0 bridgehead atoms. The Kier molecular flexibility index (Phi) is 4.98. The van der Waals surface area contributed by atoms with Gasteiger partial charge >= 0.3 is 0 Å². The summed E-state index contributed by atoms with van der Waals surface area (Å²) in [4.78, 5) is 23.0.